The van der Waals surface area contributed by atoms with Gasteiger partial charge in [-0.3, -0.25) is 4.79 Å². The lowest BCUT2D eigenvalue weighted by Crippen LogP contribution is -2.38. The Balaban J connectivity index is 1.83. The van der Waals surface area contributed by atoms with E-state index in [2.05, 4.69) is 14.5 Å². The number of aromatic nitrogens is 3. The largest absolute Gasteiger partial charge is 0.382 e. The maximum absolute atomic E-state index is 12.5. The second kappa shape index (κ2) is 4.78. The van der Waals surface area contributed by atoms with Crippen molar-refractivity contribution < 1.29 is 4.79 Å². The first-order chi connectivity index (χ1) is 9.56. The van der Waals surface area contributed by atoms with Gasteiger partial charge in [-0.05, 0) is 0 Å². The molecule has 2 N–H and O–H groups in total. The van der Waals surface area contributed by atoms with Gasteiger partial charge in [0, 0.05) is 39.6 Å². The predicted molar refractivity (Wildman–Crippen MR) is 77.8 cm³/mol. The number of carbonyl (C=O) groups excluding carboxylic acids is 1. The topological polar surface area (TPSA) is 80.3 Å². The number of amides is 1. The number of hydrogen-bond donors (Lipinski definition) is 1. The molecule has 1 amide bonds. The zero-order valence-electron chi connectivity index (χ0n) is 11.4. The fourth-order valence-electron chi connectivity index (χ4n) is 2.16. The fourth-order valence-corrected chi connectivity index (χ4v) is 3.03. The van der Waals surface area contributed by atoms with Gasteiger partial charge in [0.05, 0.1) is 6.54 Å². The second-order valence-corrected chi connectivity index (χ2v) is 5.85. The number of nitrogens with zero attached hydrogens (tertiary/aromatic N) is 5. The molecule has 20 heavy (non-hydrogen) atoms. The van der Waals surface area contributed by atoms with Crippen LogP contribution in [-0.4, -0.2) is 46.0 Å². The van der Waals surface area contributed by atoms with Crippen LogP contribution < -0.4 is 10.6 Å². The molecule has 0 saturated heterocycles. The number of carbonyl (C=O) groups is 1. The lowest BCUT2D eigenvalue weighted by atomic mass is 10.3. The minimum Gasteiger partial charge on any atom is -0.382 e. The van der Waals surface area contributed by atoms with E-state index in [-0.39, 0.29) is 5.91 Å². The smallest absolute Gasteiger partial charge is 0.268 e. The van der Waals surface area contributed by atoms with E-state index in [4.69, 9.17) is 5.73 Å². The molecule has 0 radical (unpaired) electrons. The van der Waals surface area contributed by atoms with Crippen LogP contribution >= 0.6 is 11.3 Å². The van der Waals surface area contributed by atoms with E-state index in [1.165, 1.54) is 11.3 Å². The molecule has 3 rings (SSSR count). The summed E-state index contributed by atoms with van der Waals surface area (Å²) in [5.41, 5.74) is 5.87. The van der Waals surface area contributed by atoms with Crippen LogP contribution in [0, 0.1) is 0 Å². The third kappa shape index (κ3) is 2.11. The molecule has 7 nitrogen and oxygen atoms in total. The van der Waals surface area contributed by atoms with E-state index in [0.717, 1.165) is 17.5 Å². The van der Waals surface area contributed by atoms with Crippen molar-refractivity contribution in [3.8, 4) is 0 Å². The quantitative estimate of drug-likeness (QED) is 0.879. The first-order valence-electron chi connectivity index (χ1n) is 6.29. The minimum atomic E-state index is -0.0673. The number of nitrogens with two attached hydrogens (primary N) is 1. The van der Waals surface area contributed by atoms with Gasteiger partial charge >= 0.3 is 0 Å². The van der Waals surface area contributed by atoms with Crippen LogP contribution in [0.1, 0.15) is 15.5 Å². The third-order valence-electron chi connectivity index (χ3n) is 3.25. The Morgan fingerprint density at radius 3 is 2.95 bits per heavy atom. The molecular formula is C12H16N6OS. The van der Waals surface area contributed by atoms with E-state index in [9.17, 15) is 4.79 Å². The highest BCUT2D eigenvalue weighted by Gasteiger charge is 2.26. The number of hydrogen-bond acceptors (Lipinski definition) is 6. The zero-order valence-corrected chi connectivity index (χ0v) is 12.2. The van der Waals surface area contributed by atoms with Crippen molar-refractivity contribution >= 4 is 28.2 Å². The molecule has 1 aliphatic rings. The molecule has 0 saturated carbocycles. The minimum absolute atomic E-state index is 0.0673. The highest BCUT2D eigenvalue weighted by atomic mass is 32.1. The molecule has 0 aliphatic carbocycles. The van der Waals surface area contributed by atoms with Gasteiger partial charge in [-0.1, -0.05) is 11.3 Å². The summed E-state index contributed by atoms with van der Waals surface area (Å²) >= 11 is 1.32. The number of rotatable bonds is 2. The summed E-state index contributed by atoms with van der Waals surface area (Å²) in [6.07, 6.45) is 3.69. The summed E-state index contributed by atoms with van der Waals surface area (Å²) in [6.45, 7) is 1.94. The Kier molecular flexibility index (Phi) is 3.09. The molecule has 0 aromatic carbocycles. The van der Waals surface area contributed by atoms with Crippen molar-refractivity contribution in [1.82, 2.24) is 19.4 Å². The number of nitrogen functional groups attached to an aromatic ring is 1. The average molecular weight is 292 g/mol. The van der Waals surface area contributed by atoms with Gasteiger partial charge in [0.25, 0.3) is 5.91 Å². The Bertz CT molecular complexity index is 646. The molecule has 0 bridgehead atoms. The van der Waals surface area contributed by atoms with Crippen molar-refractivity contribution in [1.29, 1.82) is 0 Å². The summed E-state index contributed by atoms with van der Waals surface area (Å²) in [6, 6.07) is 0. The highest BCUT2D eigenvalue weighted by molar-refractivity contribution is 7.18. The summed E-state index contributed by atoms with van der Waals surface area (Å²) in [5.74, 6) is 1.14. The third-order valence-corrected chi connectivity index (χ3v) is 4.48. The molecule has 1 aliphatic heterocycles. The SMILES string of the molecule is CN(C)c1nc(N)c(C(=O)N2CCn3ccnc3C2)s1. The van der Waals surface area contributed by atoms with Crippen LogP contribution in [0.15, 0.2) is 12.4 Å². The Morgan fingerprint density at radius 2 is 2.25 bits per heavy atom. The molecule has 0 spiro atoms. The molecule has 3 heterocycles. The summed E-state index contributed by atoms with van der Waals surface area (Å²) < 4.78 is 2.06. The van der Waals surface area contributed by atoms with E-state index in [1.54, 1.807) is 11.1 Å². The number of anilines is 2. The van der Waals surface area contributed by atoms with Crippen molar-refractivity contribution in [3.63, 3.8) is 0 Å². The molecular weight excluding hydrogens is 276 g/mol. The van der Waals surface area contributed by atoms with Crippen LogP contribution in [0.4, 0.5) is 10.9 Å². The molecule has 0 fully saturated rings. The van der Waals surface area contributed by atoms with E-state index in [1.807, 2.05) is 25.2 Å². The molecule has 0 unspecified atom stereocenters. The van der Waals surface area contributed by atoms with E-state index < -0.39 is 0 Å². The number of thiazole rings is 1. The van der Waals surface area contributed by atoms with Crippen molar-refractivity contribution in [2.24, 2.45) is 0 Å². The maximum Gasteiger partial charge on any atom is 0.268 e. The van der Waals surface area contributed by atoms with Gasteiger partial charge in [0.1, 0.15) is 16.5 Å². The summed E-state index contributed by atoms with van der Waals surface area (Å²) in [4.78, 5) is 25.1. The van der Waals surface area contributed by atoms with E-state index >= 15 is 0 Å². The van der Waals surface area contributed by atoms with Gasteiger partial charge in [-0.25, -0.2) is 9.97 Å². The maximum atomic E-state index is 12.5. The Morgan fingerprint density at radius 1 is 1.45 bits per heavy atom. The predicted octanol–water partition coefficient (Wildman–Crippen LogP) is 0.644. The molecule has 2 aromatic rings. The monoisotopic (exact) mass is 292 g/mol. The summed E-state index contributed by atoms with van der Waals surface area (Å²) in [5, 5.41) is 0.740. The normalized spacial score (nSPS) is 14.2. The molecule has 2 aromatic heterocycles. The number of imidazole rings is 1. The first-order valence-corrected chi connectivity index (χ1v) is 7.11. The van der Waals surface area contributed by atoms with Crippen molar-refractivity contribution in [3.05, 3.63) is 23.1 Å². The Labute approximate surface area is 120 Å². The van der Waals surface area contributed by atoms with Crippen LogP contribution in [0.3, 0.4) is 0 Å². The molecule has 8 heteroatoms. The van der Waals surface area contributed by atoms with Crippen molar-refractivity contribution in [2.75, 3.05) is 31.3 Å². The van der Waals surface area contributed by atoms with Gasteiger partial charge in [0.15, 0.2) is 5.13 Å². The second-order valence-electron chi connectivity index (χ2n) is 4.87. The zero-order chi connectivity index (χ0) is 14.3. The van der Waals surface area contributed by atoms with E-state index in [0.29, 0.717) is 23.8 Å². The van der Waals surface area contributed by atoms with Gasteiger partial charge in [-0.15, -0.1) is 0 Å². The first kappa shape index (κ1) is 12.9. The van der Waals surface area contributed by atoms with Gasteiger partial charge < -0.3 is 20.1 Å². The number of fused-ring (bicyclic) bond motifs is 1. The van der Waals surface area contributed by atoms with Gasteiger partial charge in [-0.2, -0.15) is 0 Å². The average Bonchev–Trinajstić information content (AvgIpc) is 3.03. The molecule has 106 valence electrons. The van der Waals surface area contributed by atoms with Gasteiger partial charge in [0.2, 0.25) is 0 Å². The van der Waals surface area contributed by atoms with Crippen molar-refractivity contribution in [2.45, 2.75) is 13.1 Å². The lowest BCUT2D eigenvalue weighted by molar-refractivity contribution is 0.0713. The van der Waals surface area contributed by atoms with Crippen LogP contribution in [-0.2, 0) is 13.1 Å². The molecule has 0 atom stereocenters. The van der Waals surface area contributed by atoms with Crippen LogP contribution in [0.25, 0.3) is 0 Å². The van der Waals surface area contributed by atoms with Crippen LogP contribution in [0.5, 0.6) is 0 Å². The fraction of sp³-hybridized carbons (Fsp3) is 0.417. The summed E-state index contributed by atoms with van der Waals surface area (Å²) in [7, 11) is 3.76. The Hall–Kier alpha value is -2.09. The van der Waals surface area contributed by atoms with Crippen LogP contribution in [0.2, 0.25) is 0 Å². The lowest BCUT2D eigenvalue weighted by Gasteiger charge is -2.27. The standard InChI is InChI=1S/C12H16N6OS/c1-16(2)12-15-10(13)9(20-12)11(19)18-6-5-17-4-3-14-8(17)7-18/h3-4H,5-7,13H2,1-2H3. The highest BCUT2D eigenvalue weighted by Crippen LogP contribution is 2.28.